The Kier molecular flexibility index (Phi) is 6.36. The van der Waals surface area contributed by atoms with Gasteiger partial charge in [0.15, 0.2) is 11.0 Å². The van der Waals surface area contributed by atoms with Gasteiger partial charge < -0.3 is 20.7 Å². The van der Waals surface area contributed by atoms with Crippen molar-refractivity contribution in [2.75, 3.05) is 24.8 Å². The number of ether oxygens (including phenoxy) is 1. The minimum absolute atomic E-state index is 0.0570. The lowest BCUT2D eigenvalue weighted by molar-refractivity contribution is 0.0964. The van der Waals surface area contributed by atoms with E-state index in [1.165, 1.54) is 7.11 Å². The summed E-state index contributed by atoms with van der Waals surface area (Å²) in [5.74, 6) is 0.712. The third-order valence-electron chi connectivity index (χ3n) is 4.02. The van der Waals surface area contributed by atoms with Crippen molar-refractivity contribution in [1.29, 1.82) is 0 Å². The Hall–Kier alpha value is -3.10. The van der Waals surface area contributed by atoms with Gasteiger partial charge in [-0.05, 0) is 30.7 Å². The summed E-state index contributed by atoms with van der Waals surface area (Å²) >= 11 is 12.3. The predicted molar refractivity (Wildman–Crippen MR) is 114 cm³/mol. The van der Waals surface area contributed by atoms with Crippen molar-refractivity contribution < 1.29 is 9.53 Å². The minimum Gasteiger partial charge on any atom is -0.495 e. The normalized spacial score (nSPS) is 10.4. The number of hydrogen-bond donors (Lipinski definition) is 3. The van der Waals surface area contributed by atoms with E-state index in [0.717, 1.165) is 5.56 Å². The van der Waals surface area contributed by atoms with Gasteiger partial charge in [0.05, 0.1) is 24.0 Å². The number of carbonyl (C=O) groups is 1. The van der Waals surface area contributed by atoms with Crippen molar-refractivity contribution in [2.24, 2.45) is 0 Å². The topological polar surface area (TPSA) is 101 Å². The number of anilines is 4. The van der Waals surface area contributed by atoms with E-state index in [4.69, 9.17) is 27.9 Å². The first-order chi connectivity index (χ1) is 13.9. The second kappa shape index (κ2) is 8.93. The molecule has 0 aliphatic carbocycles. The average Bonchev–Trinajstić information content (AvgIpc) is 2.72. The first-order valence-corrected chi connectivity index (χ1v) is 9.28. The summed E-state index contributed by atoms with van der Waals surface area (Å²) in [5, 5.41) is 17.2. The van der Waals surface area contributed by atoms with Crippen LogP contribution in [0.15, 0.2) is 36.4 Å². The van der Waals surface area contributed by atoms with Crippen LogP contribution in [0.25, 0.3) is 0 Å². The highest BCUT2D eigenvalue weighted by molar-refractivity contribution is 6.32. The fourth-order valence-corrected chi connectivity index (χ4v) is 2.83. The van der Waals surface area contributed by atoms with Gasteiger partial charge in [0, 0.05) is 18.1 Å². The molecule has 1 heterocycles. The van der Waals surface area contributed by atoms with E-state index >= 15 is 0 Å². The fourth-order valence-electron chi connectivity index (χ4n) is 2.55. The van der Waals surface area contributed by atoms with E-state index in [9.17, 15) is 4.79 Å². The average molecular weight is 433 g/mol. The van der Waals surface area contributed by atoms with Gasteiger partial charge in [0.25, 0.3) is 5.91 Å². The molecule has 0 saturated heterocycles. The maximum atomic E-state index is 12.1. The number of aromatic nitrogens is 3. The summed E-state index contributed by atoms with van der Waals surface area (Å²) < 4.78 is 5.35. The minimum atomic E-state index is -0.244. The summed E-state index contributed by atoms with van der Waals surface area (Å²) in [6, 6.07) is 10.5. The van der Waals surface area contributed by atoms with Crippen LogP contribution >= 0.6 is 23.2 Å². The summed E-state index contributed by atoms with van der Waals surface area (Å²) in [4.78, 5) is 16.4. The number of halogens is 2. The Morgan fingerprint density at radius 2 is 1.83 bits per heavy atom. The van der Waals surface area contributed by atoms with E-state index in [2.05, 4.69) is 31.1 Å². The van der Waals surface area contributed by atoms with Crippen LogP contribution in [0.3, 0.4) is 0 Å². The van der Waals surface area contributed by atoms with Gasteiger partial charge in [-0.3, -0.25) is 4.79 Å². The van der Waals surface area contributed by atoms with Crippen molar-refractivity contribution in [2.45, 2.75) is 6.92 Å². The van der Waals surface area contributed by atoms with Crippen LogP contribution in [-0.4, -0.2) is 35.2 Å². The standard InChI is InChI=1S/C19H18Cl2N6O2/c1-10-8-14(15(29-3)9-12(10)20)24-19-25-17(16(21)26-27-19)23-13-7-5-4-6-11(13)18(28)22-2/h4-9H,1-3H3,(H,22,28)(H2,23,24,25,27). The zero-order chi connectivity index (χ0) is 21.0. The van der Waals surface area contributed by atoms with Crippen LogP contribution in [-0.2, 0) is 0 Å². The number of hydrogen-bond acceptors (Lipinski definition) is 7. The lowest BCUT2D eigenvalue weighted by Gasteiger charge is -2.14. The van der Waals surface area contributed by atoms with Crippen molar-refractivity contribution in [3.8, 4) is 5.75 Å². The summed E-state index contributed by atoms with van der Waals surface area (Å²) in [6.07, 6.45) is 0. The molecule has 1 amide bonds. The molecular formula is C19H18Cl2N6O2. The summed E-state index contributed by atoms with van der Waals surface area (Å²) in [6.45, 7) is 1.87. The number of carbonyl (C=O) groups excluding carboxylic acids is 1. The molecule has 0 bridgehead atoms. The molecule has 1 aromatic heterocycles. The second-order valence-corrected chi connectivity index (χ2v) is 6.72. The van der Waals surface area contributed by atoms with Crippen molar-refractivity contribution >= 4 is 52.3 Å². The molecular weight excluding hydrogens is 415 g/mol. The zero-order valence-corrected chi connectivity index (χ0v) is 17.4. The van der Waals surface area contributed by atoms with E-state index in [-0.39, 0.29) is 22.8 Å². The van der Waals surface area contributed by atoms with Gasteiger partial charge in [0.1, 0.15) is 5.75 Å². The van der Waals surface area contributed by atoms with Gasteiger partial charge in [-0.1, -0.05) is 35.3 Å². The van der Waals surface area contributed by atoms with Crippen molar-refractivity contribution in [1.82, 2.24) is 20.5 Å². The molecule has 0 aliphatic heterocycles. The Morgan fingerprint density at radius 3 is 2.55 bits per heavy atom. The van der Waals surface area contributed by atoms with E-state index in [1.807, 2.05) is 13.0 Å². The molecule has 150 valence electrons. The van der Waals surface area contributed by atoms with Gasteiger partial charge >= 0.3 is 0 Å². The van der Waals surface area contributed by atoms with Crippen LogP contribution in [0.5, 0.6) is 5.75 Å². The van der Waals surface area contributed by atoms with Crippen LogP contribution in [0.1, 0.15) is 15.9 Å². The third kappa shape index (κ3) is 4.67. The lowest BCUT2D eigenvalue weighted by atomic mass is 10.1. The largest absolute Gasteiger partial charge is 0.495 e. The molecule has 2 aromatic carbocycles. The number of aryl methyl sites for hydroxylation is 1. The summed E-state index contributed by atoms with van der Waals surface area (Å²) in [5.41, 5.74) is 2.44. The molecule has 8 nitrogen and oxygen atoms in total. The van der Waals surface area contributed by atoms with Crippen molar-refractivity contribution in [3.63, 3.8) is 0 Å². The van der Waals surface area contributed by atoms with E-state index in [1.54, 1.807) is 37.4 Å². The molecule has 0 fully saturated rings. The molecule has 0 radical (unpaired) electrons. The fraction of sp³-hybridized carbons (Fsp3) is 0.158. The van der Waals surface area contributed by atoms with E-state index in [0.29, 0.717) is 27.7 Å². The number of amides is 1. The van der Waals surface area contributed by atoms with Crippen LogP contribution in [0.4, 0.5) is 23.1 Å². The van der Waals surface area contributed by atoms with Gasteiger partial charge in [-0.15, -0.1) is 10.2 Å². The second-order valence-electron chi connectivity index (χ2n) is 5.95. The highest BCUT2D eigenvalue weighted by Crippen LogP contribution is 2.33. The molecule has 10 heteroatoms. The monoisotopic (exact) mass is 432 g/mol. The van der Waals surface area contributed by atoms with Crippen LogP contribution in [0, 0.1) is 6.92 Å². The number of nitrogens with zero attached hydrogens (tertiary/aromatic N) is 3. The zero-order valence-electron chi connectivity index (χ0n) is 15.9. The maximum absolute atomic E-state index is 12.1. The Bertz CT molecular complexity index is 1060. The quantitative estimate of drug-likeness (QED) is 0.532. The van der Waals surface area contributed by atoms with Crippen molar-refractivity contribution in [3.05, 3.63) is 57.7 Å². The third-order valence-corrected chi connectivity index (χ3v) is 4.69. The molecule has 0 unspecified atom stereocenters. The van der Waals surface area contributed by atoms with Crippen LogP contribution in [0.2, 0.25) is 10.2 Å². The first-order valence-electron chi connectivity index (χ1n) is 8.52. The number of methoxy groups -OCH3 is 1. The van der Waals surface area contributed by atoms with Crippen LogP contribution < -0.4 is 20.7 Å². The molecule has 0 atom stereocenters. The Morgan fingerprint density at radius 1 is 1.07 bits per heavy atom. The number of rotatable bonds is 6. The first kappa shape index (κ1) is 20.6. The molecule has 3 rings (SSSR count). The molecule has 0 saturated carbocycles. The highest BCUT2D eigenvalue weighted by Gasteiger charge is 2.15. The van der Waals surface area contributed by atoms with Gasteiger partial charge in [-0.2, -0.15) is 4.98 Å². The SMILES string of the molecule is CNC(=O)c1ccccc1Nc1nc(Nc2cc(C)c(Cl)cc2OC)nnc1Cl. The molecule has 0 spiro atoms. The Labute approximate surface area is 177 Å². The molecule has 29 heavy (non-hydrogen) atoms. The van der Waals surface area contributed by atoms with Gasteiger partial charge in [-0.25, -0.2) is 0 Å². The molecule has 3 aromatic rings. The van der Waals surface area contributed by atoms with E-state index < -0.39 is 0 Å². The molecule has 0 aliphatic rings. The number of para-hydroxylation sites is 1. The highest BCUT2D eigenvalue weighted by atomic mass is 35.5. The number of nitrogens with one attached hydrogen (secondary N) is 3. The summed E-state index contributed by atoms with van der Waals surface area (Å²) in [7, 11) is 3.09. The lowest BCUT2D eigenvalue weighted by Crippen LogP contribution is -2.19. The number of benzene rings is 2. The maximum Gasteiger partial charge on any atom is 0.253 e. The van der Waals surface area contributed by atoms with Gasteiger partial charge in [0.2, 0.25) is 5.95 Å². The Balaban J connectivity index is 1.93. The predicted octanol–water partition coefficient (Wildman–Crippen LogP) is 4.34. The smallest absolute Gasteiger partial charge is 0.253 e. The molecule has 3 N–H and O–H groups in total.